The van der Waals surface area contributed by atoms with Crippen molar-refractivity contribution in [3.63, 3.8) is 0 Å². The predicted molar refractivity (Wildman–Crippen MR) is 107 cm³/mol. The van der Waals surface area contributed by atoms with Crippen molar-refractivity contribution in [1.82, 2.24) is 9.78 Å². The second-order valence-corrected chi connectivity index (χ2v) is 7.29. The van der Waals surface area contributed by atoms with Gasteiger partial charge in [0.05, 0.1) is 22.0 Å². The van der Waals surface area contributed by atoms with Crippen molar-refractivity contribution in [3.05, 3.63) is 63.6 Å². The molecule has 0 fully saturated rings. The number of carboxylic acids is 1. The molecule has 1 aliphatic rings. The van der Waals surface area contributed by atoms with Gasteiger partial charge in [0.2, 0.25) is 0 Å². The van der Waals surface area contributed by atoms with Gasteiger partial charge in [0.15, 0.2) is 0 Å². The Kier molecular flexibility index (Phi) is 4.81. The van der Waals surface area contributed by atoms with Crippen LogP contribution in [0.2, 0.25) is 10.0 Å². The van der Waals surface area contributed by atoms with Crippen LogP contribution in [0.5, 0.6) is 0 Å². The molecule has 3 aromatic rings. The summed E-state index contributed by atoms with van der Waals surface area (Å²) >= 11 is 12.5. The third-order valence-corrected chi connectivity index (χ3v) is 5.22. The fraction of sp³-hybridized carbons (Fsp3) is 0.200. The average molecular weight is 402 g/mol. The van der Waals surface area contributed by atoms with Crippen LogP contribution in [-0.2, 0) is 6.42 Å². The first-order valence-corrected chi connectivity index (χ1v) is 9.45. The third-order valence-electron chi connectivity index (χ3n) is 4.67. The van der Waals surface area contributed by atoms with E-state index in [1.807, 2.05) is 10.7 Å². The van der Waals surface area contributed by atoms with Gasteiger partial charge in [-0.3, -0.25) is 0 Å². The van der Waals surface area contributed by atoms with Crippen molar-refractivity contribution in [2.24, 2.45) is 0 Å². The Labute approximate surface area is 166 Å². The predicted octanol–water partition coefficient (Wildman–Crippen LogP) is 5.29. The van der Waals surface area contributed by atoms with Crippen molar-refractivity contribution in [2.75, 3.05) is 11.9 Å². The Morgan fingerprint density at radius 1 is 1.11 bits per heavy atom. The molecule has 2 aromatic carbocycles. The number of hydrogen-bond donors (Lipinski definition) is 2. The first-order valence-electron chi connectivity index (χ1n) is 8.69. The van der Waals surface area contributed by atoms with Crippen molar-refractivity contribution < 1.29 is 9.90 Å². The van der Waals surface area contributed by atoms with E-state index in [0.717, 1.165) is 54.1 Å². The van der Waals surface area contributed by atoms with Gasteiger partial charge in [0.1, 0.15) is 5.82 Å². The van der Waals surface area contributed by atoms with E-state index in [1.165, 1.54) is 0 Å². The lowest BCUT2D eigenvalue weighted by Gasteiger charge is -2.09. The number of carbonyl (C=O) groups is 1. The number of anilines is 1. The van der Waals surface area contributed by atoms with Gasteiger partial charge in [-0.2, -0.15) is 5.10 Å². The summed E-state index contributed by atoms with van der Waals surface area (Å²) in [7, 11) is 0. The third kappa shape index (κ3) is 3.40. The van der Waals surface area contributed by atoms with Crippen molar-refractivity contribution >= 4 is 35.0 Å². The number of carboxylic acid groups (broad SMARTS) is 1. The lowest BCUT2D eigenvalue weighted by Crippen LogP contribution is -2.07. The number of fused-ring (bicyclic) bond motifs is 1. The van der Waals surface area contributed by atoms with Gasteiger partial charge in [-0.1, -0.05) is 23.2 Å². The van der Waals surface area contributed by atoms with Crippen LogP contribution in [0.25, 0.3) is 16.9 Å². The molecule has 0 radical (unpaired) electrons. The summed E-state index contributed by atoms with van der Waals surface area (Å²) in [6.45, 7) is 0.861. The van der Waals surface area contributed by atoms with Crippen LogP contribution in [0.3, 0.4) is 0 Å². The fourth-order valence-corrected chi connectivity index (χ4v) is 3.83. The van der Waals surface area contributed by atoms with E-state index in [1.54, 1.807) is 36.4 Å². The topological polar surface area (TPSA) is 67.1 Å². The zero-order chi connectivity index (χ0) is 19.0. The Morgan fingerprint density at radius 3 is 2.59 bits per heavy atom. The molecule has 1 aliphatic heterocycles. The zero-order valence-corrected chi connectivity index (χ0v) is 15.9. The Morgan fingerprint density at radius 2 is 1.89 bits per heavy atom. The smallest absolute Gasteiger partial charge is 0.335 e. The summed E-state index contributed by atoms with van der Waals surface area (Å²) in [6.07, 6.45) is 3.02. The summed E-state index contributed by atoms with van der Waals surface area (Å²) in [4.78, 5) is 11.1. The van der Waals surface area contributed by atoms with Gasteiger partial charge < -0.3 is 10.4 Å². The van der Waals surface area contributed by atoms with E-state index < -0.39 is 5.97 Å². The van der Waals surface area contributed by atoms with E-state index in [0.29, 0.717) is 10.0 Å². The quantitative estimate of drug-likeness (QED) is 0.625. The second-order valence-electron chi connectivity index (χ2n) is 6.45. The number of nitrogens with zero attached hydrogens (tertiary/aromatic N) is 2. The molecule has 0 saturated carbocycles. The lowest BCUT2D eigenvalue weighted by molar-refractivity contribution is 0.0697. The number of aromatic carboxylic acids is 1. The Balaban J connectivity index is 1.87. The largest absolute Gasteiger partial charge is 0.478 e. The first-order chi connectivity index (χ1) is 13.0. The minimum Gasteiger partial charge on any atom is -0.478 e. The highest BCUT2D eigenvalue weighted by Crippen LogP contribution is 2.37. The average Bonchev–Trinajstić information content (AvgIpc) is 2.83. The van der Waals surface area contributed by atoms with Crippen LogP contribution in [0, 0.1) is 0 Å². The molecular weight excluding hydrogens is 385 g/mol. The van der Waals surface area contributed by atoms with E-state index in [9.17, 15) is 4.79 Å². The molecule has 0 aliphatic carbocycles. The van der Waals surface area contributed by atoms with Gasteiger partial charge in [-0.15, -0.1) is 0 Å². The highest BCUT2D eigenvalue weighted by Gasteiger charge is 2.23. The van der Waals surface area contributed by atoms with Crippen LogP contribution < -0.4 is 5.32 Å². The molecular formula is C20H17Cl2N3O2. The number of halogens is 2. The highest BCUT2D eigenvalue weighted by atomic mass is 35.5. The van der Waals surface area contributed by atoms with Gasteiger partial charge in [0, 0.05) is 22.7 Å². The van der Waals surface area contributed by atoms with Gasteiger partial charge in [0.25, 0.3) is 0 Å². The molecule has 0 atom stereocenters. The van der Waals surface area contributed by atoms with Gasteiger partial charge in [-0.05, 0) is 61.7 Å². The normalized spacial score (nSPS) is 13.6. The number of aromatic nitrogens is 2. The molecule has 0 spiro atoms. The van der Waals surface area contributed by atoms with Gasteiger partial charge >= 0.3 is 5.97 Å². The van der Waals surface area contributed by atoms with Crippen LogP contribution in [0.15, 0.2) is 42.5 Å². The SMILES string of the molecule is O=C(O)c1ccc(-n2nc(-c3ccc(Cl)cc3Cl)c3c2NCCCC3)cc1. The zero-order valence-electron chi connectivity index (χ0n) is 14.4. The Hall–Kier alpha value is -2.50. The molecule has 1 aromatic heterocycles. The molecule has 2 heterocycles. The second kappa shape index (κ2) is 7.25. The summed E-state index contributed by atoms with van der Waals surface area (Å²) in [6, 6.07) is 12.1. The number of nitrogens with one attached hydrogen (secondary N) is 1. The Bertz CT molecular complexity index is 1010. The molecule has 0 unspecified atom stereocenters. The van der Waals surface area contributed by atoms with Crippen LogP contribution in [0.1, 0.15) is 28.8 Å². The standard InChI is InChI=1S/C20H17Cl2N3O2/c21-13-6-9-15(17(22)11-13)18-16-3-1-2-10-23-19(16)25(24-18)14-7-4-12(5-8-14)20(26)27/h4-9,11,23H,1-3,10H2,(H,26,27). The summed E-state index contributed by atoms with van der Waals surface area (Å²) in [5, 5.41) is 18.5. The monoisotopic (exact) mass is 401 g/mol. The minimum atomic E-state index is -0.951. The van der Waals surface area contributed by atoms with Crippen molar-refractivity contribution in [1.29, 1.82) is 0 Å². The molecule has 5 nitrogen and oxygen atoms in total. The number of benzene rings is 2. The molecule has 0 bridgehead atoms. The van der Waals surface area contributed by atoms with Crippen LogP contribution >= 0.6 is 23.2 Å². The molecule has 2 N–H and O–H groups in total. The lowest BCUT2D eigenvalue weighted by atomic mass is 10.0. The minimum absolute atomic E-state index is 0.242. The maximum Gasteiger partial charge on any atom is 0.335 e. The summed E-state index contributed by atoms with van der Waals surface area (Å²) in [5.74, 6) is -0.0239. The van der Waals surface area contributed by atoms with Crippen molar-refractivity contribution in [3.8, 4) is 16.9 Å². The first kappa shape index (κ1) is 17.9. The maximum atomic E-state index is 11.1. The summed E-state index contributed by atoms with van der Waals surface area (Å²) in [5.41, 5.74) is 3.80. The molecule has 7 heteroatoms. The summed E-state index contributed by atoms with van der Waals surface area (Å²) < 4.78 is 1.83. The van der Waals surface area contributed by atoms with Gasteiger partial charge in [-0.25, -0.2) is 9.48 Å². The molecule has 138 valence electrons. The van der Waals surface area contributed by atoms with E-state index in [-0.39, 0.29) is 5.56 Å². The van der Waals surface area contributed by atoms with Crippen LogP contribution in [0.4, 0.5) is 5.82 Å². The number of rotatable bonds is 3. The van der Waals surface area contributed by atoms with E-state index >= 15 is 0 Å². The van der Waals surface area contributed by atoms with Crippen molar-refractivity contribution in [2.45, 2.75) is 19.3 Å². The van der Waals surface area contributed by atoms with E-state index in [2.05, 4.69) is 5.32 Å². The molecule has 0 saturated heterocycles. The highest BCUT2D eigenvalue weighted by molar-refractivity contribution is 6.36. The fourth-order valence-electron chi connectivity index (χ4n) is 3.33. The molecule has 4 rings (SSSR count). The van der Waals surface area contributed by atoms with E-state index in [4.69, 9.17) is 33.4 Å². The molecule has 27 heavy (non-hydrogen) atoms. The van der Waals surface area contributed by atoms with Crippen LogP contribution in [-0.4, -0.2) is 27.4 Å². The number of hydrogen-bond acceptors (Lipinski definition) is 3. The molecule has 0 amide bonds. The maximum absolute atomic E-state index is 11.1.